The molecule has 196 valence electrons. The van der Waals surface area contributed by atoms with Gasteiger partial charge in [0.25, 0.3) is 0 Å². The molecule has 0 saturated carbocycles. The third-order valence-electron chi connectivity index (χ3n) is 7.47. The Hall–Kier alpha value is -4.28. The first kappa shape index (κ1) is 24.7. The molecule has 5 heterocycles. The fourth-order valence-corrected chi connectivity index (χ4v) is 5.74. The predicted octanol–water partition coefficient (Wildman–Crippen LogP) is 7.68. The fraction of sp³-hybridized carbons (Fsp3) is 0.121. The van der Waals surface area contributed by atoms with Gasteiger partial charge in [-0.05, 0) is 27.8 Å². The molecule has 8 aromatic rings. The largest absolute Gasteiger partial charge is 2.00 e. The molecule has 0 aliphatic carbocycles. The standard InChI is InChI=1S/C33H23N5O.Pt/c1-33(2,3)28-8-4-6-24-22-11-9-20(18-26(22)31-35-14-16-37(31)29(24)28)39-21-10-12-23-25-7-5-13-34-30(25)38-17-15-36-32(38)27(23)19-21;/h4-17H,1-3H3;/q-2;+2. The van der Waals surface area contributed by atoms with E-state index in [1.165, 1.54) is 16.5 Å². The average Bonchev–Trinajstić information content (AvgIpc) is 3.63. The number of fused-ring (bicyclic) bond motifs is 12. The molecular formula is C33H23N5OPt. The molecule has 0 bridgehead atoms. The third kappa shape index (κ3) is 3.56. The van der Waals surface area contributed by atoms with E-state index < -0.39 is 0 Å². The first-order valence-electron chi connectivity index (χ1n) is 13.0. The number of hydrogen-bond donors (Lipinski definition) is 0. The van der Waals surface area contributed by atoms with Crippen molar-refractivity contribution in [3.63, 3.8) is 0 Å². The van der Waals surface area contributed by atoms with Crippen molar-refractivity contribution in [1.82, 2.24) is 23.8 Å². The van der Waals surface area contributed by atoms with Crippen molar-refractivity contribution in [2.24, 2.45) is 0 Å². The van der Waals surface area contributed by atoms with Crippen LogP contribution in [-0.2, 0) is 26.5 Å². The molecule has 6 nitrogen and oxygen atoms in total. The summed E-state index contributed by atoms with van der Waals surface area (Å²) in [5.74, 6) is 1.21. The van der Waals surface area contributed by atoms with E-state index in [9.17, 15) is 0 Å². The van der Waals surface area contributed by atoms with E-state index in [2.05, 4.69) is 83.7 Å². The minimum absolute atomic E-state index is 0. The van der Waals surface area contributed by atoms with Gasteiger partial charge in [-0.1, -0.05) is 90.8 Å². The van der Waals surface area contributed by atoms with E-state index in [4.69, 9.17) is 9.72 Å². The summed E-state index contributed by atoms with van der Waals surface area (Å²) in [6.45, 7) is 6.73. The zero-order valence-corrected chi connectivity index (χ0v) is 24.3. The van der Waals surface area contributed by atoms with E-state index in [0.717, 1.165) is 43.9 Å². The number of benzene rings is 3. The Balaban J connectivity index is 0.00000264. The number of imidazole rings is 2. The molecule has 0 unspecified atom stereocenters. The van der Waals surface area contributed by atoms with Crippen LogP contribution in [0.5, 0.6) is 11.5 Å². The SMILES string of the molecule is CC(C)(C)c1cccc2c3ccc(Oc4[c-]c5c(cc4)c4cccnc4n4ccnc54)[c-]c3c3nccn3c12.[Pt+2]. The van der Waals surface area contributed by atoms with Crippen LogP contribution in [0, 0.1) is 12.1 Å². The molecule has 0 spiro atoms. The van der Waals surface area contributed by atoms with Crippen LogP contribution in [0.3, 0.4) is 0 Å². The average molecular weight is 701 g/mol. The quantitative estimate of drug-likeness (QED) is 0.137. The monoisotopic (exact) mass is 700 g/mol. The summed E-state index contributed by atoms with van der Waals surface area (Å²) in [4.78, 5) is 13.9. The van der Waals surface area contributed by atoms with Crippen LogP contribution in [0.25, 0.3) is 54.8 Å². The minimum atomic E-state index is -0.00920. The molecule has 0 N–H and O–H groups in total. The molecule has 7 heteroatoms. The molecule has 0 saturated heterocycles. The summed E-state index contributed by atoms with van der Waals surface area (Å²) < 4.78 is 10.5. The number of para-hydroxylation sites is 1. The second kappa shape index (κ2) is 8.87. The number of rotatable bonds is 2. The van der Waals surface area contributed by atoms with Crippen molar-refractivity contribution in [1.29, 1.82) is 0 Å². The summed E-state index contributed by atoms with van der Waals surface area (Å²) >= 11 is 0. The molecular weight excluding hydrogens is 677 g/mol. The maximum Gasteiger partial charge on any atom is 2.00 e. The van der Waals surface area contributed by atoms with Crippen LogP contribution in [0.1, 0.15) is 26.3 Å². The summed E-state index contributed by atoms with van der Waals surface area (Å²) in [6, 6.07) is 25.6. The minimum Gasteiger partial charge on any atom is -0.497 e. The zero-order chi connectivity index (χ0) is 26.3. The van der Waals surface area contributed by atoms with Crippen LogP contribution < -0.4 is 4.74 Å². The molecule has 5 aromatic heterocycles. The number of ether oxygens (including phenoxy) is 1. The van der Waals surface area contributed by atoms with Gasteiger partial charge in [-0.25, -0.2) is 4.98 Å². The second-order valence-corrected chi connectivity index (χ2v) is 10.9. The van der Waals surface area contributed by atoms with E-state index in [0.29, 0.717) is 11.5 Å². The normalized spacial score (nSPS) is 12.2. The molecule has 0 atom stereocenters. The van der Waals surface area contributed by atoms with Crippen molar-refractivity contribution < 1.29 is 25.8 Å². The first-order valence-corrected chi connectivity index (χ1v) is 13.0. The Labute approximate surface area is 244 Å². The maximum absolute atomic E-state index is 6.35. The Kier molecular flexibility index (Phi) is 5.48. The van der Waals surface area contributed by atoms with Crippen molar-refractivity contribution >= 4 is 54.8 Å². The van der Waals surface area contributed by atoms with E-state index >= 15 is 0 Å². The van der Waals surface area contributed by atoms with Gasteiger partial charge in [0.15, 0.2) is 0 Å². The second-order valence-electron chi connectivity index (χ2n) is 10.9. The van der Waals surface area contributed by atoms with Gasteiger partial charge in [-0.2, -0.15) is 0 Å². The van der Waals surface area contributed by atoms with E-state index in [-0.39, 0.29) is 26.5 Å². The molecule has 0 fully saturated rings. The van der Waals surface area contributed by atoms with Crippen LogP contribution in [-0.4, -0.2) is 23.8 Å². The number of nitrogens with zero attached hydrogens (tertiary/aromatic N) is 5. The summed E-state index contributed by atoms with van der Waals surface area (Å²) in [7, 11) is 0. The smallest absolute Gasteiger partial charge is 0.497 e. The van der Waals surface area contributed by atoms with Gasteiger partial charge >= 0.3 is 21.1 Å². The molecule has 0 radical (unpaired) electrons. The number of aromatic nitrogens is 5. The van der Waals surface area contributed by atoms with Crippen LogP contribution in [0.2, 0.25) is 0 Å². The van der Waals surface area contributed by atoms with Gasteiger partial charge in [0.2, 0.25) is 0 Å². The third-order valence-corrected chi connectivity index (χ3v) is 7.47. The molecule has 40 heavy (non-hydrogen) atoms. The topological polar surface area (TPSA) is 56.7 Å². The fourth-order valence-electron chi connectivity index (χ4n) is 5.74. The Bertz CT molecular complexity index is 2260. The van der Waals surface area contributed by atoms with Crippen LogP contribution >= 0.6 is 0 Å². The van der Waals surface area contributed by atoms with Gasteiger partial charge in [0, 0.05) is 48.0 Å². The van der Waals surface area contributed by atoms with E-state index in [1.54, 1.807) is 12.4 Å². The van der Waals surface area contributed by atoms with Crippen LogP contribution in [0.15, 0.2) is 85.6 Å². The van der Waals surface area contributed by atoms with Gasteiger partial charge in [-0.15, -0.1) is 12.1 Å². The van der Waals surface area contributed by atoms with Crippen molar-refractivity contribution in [2.45, 2.75) is 26.2 Å². The van der Waals surface area contributed by atoms with Gasteiger partial charge in [0.05, 0.1) is 11.3 Å². The van der Waals surface area contributed by atoms with Gasteiger partial charge in [0.1, 0.15) is 5.65 Å². The van der Waals surface area contributed by atoms with Crippen LogP contribution in [0.4, 0.5) is 0 Å². The number of hydrogen-bond acceptors (Lipinski definition) is 4. The molecule has 0 aliphatic rings. The summed E-state index contributed by atoms with van der Waals surface area (Å²) in [5, 5.41) is 6.15. The van der Waals surface area contributed by atoms with Crippen molar-refractivity contribution in [3.05, 3.63) is 103 Å². The Morgan fingerprint density at radius 2 is 1.23 bits per heavy atom. The maximum atomic E-state index is 6.35. The molecule has 0 aliphatic heterocycles. The van der Waals surface area contributed by atoms with Gasteiger partial charge < -0.3 is 13.5 Å². The van der Waals surface area contributed by atoms with Crippen molar-refractivity contribution in [2.75, 3.05) is 0 Å². The first-order chi connectivity index (χ1) is 19.0. The molecule has 8 rings (SSSR count). The molecule has 0 amide bonds. The Morgan fingerprint density at radius 3 is 1.93 bits per heavy atom. The summed E-state index contributed by atoms with van der Waals surface area (Å²) in [5.41, 5.74) is 4.98. The predicted molar refractivity (Wildman–Crippen MR) is 155 cm³/mol. The molecule has 3 aromatic carbocycles. The van der Waals surface area contributed by atoms with Crippen molar-refractivity contribution in [3.8, 4) is 11.5 Å². The zero-order valence-electron chi connectivity index (χ0n) is 22.0. The number of pyridine rings is 3. The van der Waals surface area contributed by atoms with Gasteiger partial charge in [-0.3, -0.25) is 9.97 Å². The van der Waals surface area contributed by atoms with E-state index in [1.807, 2.05) is 41.2 Å². The Morgan fingerprint density at radius 1 is 0.625 bits per heavy atom. The summed E-state index contributed by atoms with van der Waals surface area (Å²) in [6.07, 6.45) is 9.38.